The fourth-order valence-electron chi connectivity index (χ4n) is 8.85. The van der Waals surface area contributed by atoms with E-state index in [1.165, 1.54) is 6.42 Å². The molecular formula is C37H66N4O9. The molecule has 1 amide bonds. The highest BCUT2D eigenvalue weighted by Crippen LogP contribution is 2.38. The van der Waals surface area contributed by atoms with E-state index in [9.17, 15) is 19.5 Å². The van der Waals surface area contributed by atoms with Crippen molar-refractivity contribution in [3.63, 3.8) is 0 Å². The number of rotatable bonds is 7. The van der Waals surface area contributed by atoms with Gasteiger partial charge in [0.05, 0.1) is 23.9 Å². The summed E-state index contributed by atoms with van der Waals surface area (Å²) in [6.07, 6.45) is 0.553. The number of hydrogen-bond donors (Lipinski definition) is 3. The van der Waals surface area contributed by atoms with Crippen LogP contribution in [0, 0.1) is 17.8 Å². The summed E-state index contributed by atoms with van der Waals surface area (Å²) >= 11 is 0. The van der Waals surface area contributed by atoms with Crippen molar-refractivity contribution in [3.8, 4) is 0 Å². The van der Waals surface area contributed by atoms with Gasteiger partial charge in [-0.05, 0) is 106 Å². The van der Waals surface area contributed by atoms with E-state index in [2.05, 4.69) is 29.4 Å². The number of aliphatic hydroxyl groups excluding tert-OH is 1. The van der Waals surface area contributed by atoms with E-state index in [0.29, 0.717) is 25.8 Å². The smallest absolute Gasteiger partial charge is 0.408 e. The number of aliphatic hydroxyl groups is 1. The summed E-state index contributed by atoms with van der Waals surface area (Å²) in [6.45, 7) is 17.7. The lowest BCUT2D eigenvalue weighted by molar-refractivity contribution is -0.303. The van der Waals surface area contributed by atoms with Crippen molar-refractivity contribution < 1.29 is 43.2 Å². The number of hydrogen-bond acceptors (Lipinski definition) is 12. The van der Waals surface area contributed by atoms with E-state index in [4.69, 9.17) is 23.7 Å². The van der Waals surface area contributed by atoms with Gasteiger partial charge in [-0.2, -0.15) is 0 Å². The van der Waals surface area contributed by atoms with Crippen LogP contribution in [-0.2, 0) is 33.3 Å². The van der Waals surface area contributed by atoms with Gasteiger partial charge in [-0.25, -0.2) is 4.79 Å². The second kappa shape index (κ2) is 16.9. The van der Waals surface area contributed by atoms with Crippen molar-refractivity contribution in [2.75, 3.05) is 40.8 Å². The van der Waals surface area contributed by atoms with Gasteiger partial charge in [0.25, 0.3) is 0 Å². The van der Waals surface area contributed by atoms with Gasteiger partial charge in [0.1, 0.15) is 18.1 Å². The van der Waals surface area contributed by atoms with Crippen molar-refractivity contribution in [2.45, 2.75) is 160 Å². The largest absolute Gasteiger partial charge is 0.458 e. The number of carbonyl (C=O) groups excluding carboxylic acids is 3. The second-order valence-electron chi connectivity index (χ2n) is 16.2. The molecule has 0 aromatic rings. The lowest BCUT2D eigenvalue weighted by atomic mass is 9.78. The zero-order valence-electron chi connectivity index (χ0n) is 32.4. The normalized spacial score (nSPS) is 43.6. The molecule has 0 spiro atoms. The molecule has 4 saturated heterocycles. The molecule has 0 radical (unpaired) electrons. The molecule has 4 aliphatic rings. The number of piperidine rings is 1. The molecule has 0 bridgehead atoms. The number of likely N-dealkylation sites (N-methyl/N-ethyl adjacent to an activating group) is 1. The Balaban J connectivity index is 1.69. The molecule has 13 nitrogen and oxygen atoms in total. The highest BCUT2D eigenvalue weighted by molar-refractivity contribution is 6.00. The van der Waals surface area contributed by atoms with E-state index >= 15 is 0 Å². The minimum Gasteiger partial charge on any atom is -0.458 e. The van der Waals surface area contributed by atoms with E-state index in [-0.39, 0.29) is 35.9 Å². The van der Waals surface area contributed by atoms with Crippen molar-refractivity contribution in [3.05, 3.63) is 0 Å². The Kier molecular flexibility index (Phi) is 13.8. The topological polar surface area (TPSA) is 148 Å². The zero-order valence-corrected chi connectivity index (χ0v) is 32.4. The third-order valence-electron chi connectivity index (χ3n) is 12.2. The van der Waals surface area contributed by atoms with Crippen molar-refractivity contribution in [2.24, 2.45) is 17.8 Å². The minimum atomic E-state index is -1.16. The van der Waals surface area contributed by atoms with Crippen LogP contribution in [0.4, 0.5) is 4.79 Å². The molecule has 4 heterocycles. The van der Waals surface area contributed by atoms with Crippen LogP contribution in [0.25, 0.3) is 0 Å². The number of Topliss-reactive ketones (excluding diaryl/α,β-unsaturated/α-hetero) is 1. The van der Waals surface area contributed by atoms with Crippen molar-refractivity contribution in [1.82, 2.24) is 20.4 Å². The summed E-state index contributed by atoms with van der Waals surface area (Å²) in [5, 5.41) is 18.2. The number of likely N-dealkylation sites (tertiary alicyclic amines) is 1. The molecular weight excluding hydrogens is 644 g/mol. The monoisotopic (exact) mass is 710 g/mol. The first-order valence-corrected chi connectivity index (χ1v) is 18.9. The van der Waals surface area contributed by atoms with E-state index in [1.807, 2.05) is 39.8 Å². The average molecular weight is 711 g/mol. The zero-order chi connectivity index (χ0) is 37.1. The highest BCUT2D eigenvalue weighted by atomic mass is 16.7. The first-order valence-electron chi connectivity index (χ1n) is 18.9. The first-order chi connectivity index (χ1) is 23.5. The van der Waals surface area contributed by atoms with Crippen molar-refractivity contribution in [1.29, 1.82) is 0 Å². The molecule has 14 atom stereocenters. The van der Waals surface area contributed by atoms with Crippen LogP contribution >= 0.6 is 0 Å². The Bertz CT molecular complexity index is 1170. The summed E-state index contributed by atoms with van der Waals surface area (Å²) in [6, 6.07) is -0.851. The predicted octanol–water partition coefficient (Wildman–Crippen LogP) is 3.11. The highest BCUT2D eigenvalue weighted by Gasteiger charge is 2.55. The van der Waals surface area contributed by atoms with Gasteiger partial charge in [-0.3, -0.25) is 14.5 Å². The number of alkyl carbamates (subject to hydrolysis) is 1. The summed E-state index contributed by atoms with van der Waals surface area (Å²) in [5.41, 5.74) is -2.17. The lowest BCUT2D eigenvalue weighted by Crippen LogP contribution is -2.61. The van der Waals surface area contributed by atoms with Gasteiger partial charge in [0.2, 0.25) is 0 Å². The summed E-state index contributed by atoms with van der Waals surface area (Å²) in [4.78, 5) is 45.0. The molecule has 4 aliphatic heterocycles. The number of ketones is 1. The van der Waals surface area contributed by atoms with Crippen LogP contribution in [0.5, 0.6) is 0 Å². The predicted molar refractivity (Wildman–Crippen MR) is 188 cm³/mol. The number of amides is 1. The van der Waals surface area contributed by atoms with Crippen LogP contribution in [0.2, 0.25) is 0 Å². The average Bonchev–Trinajstić information content (AvgIpc) is 3.41. The molecule has 4 fully saturated rings. The summed E-state index contributed by atoms with van der Waals surface area (Å²) < 4.78 is 31.6. The Hall–Kier alpha value is -1.87. The van der Waals surface area contributed by atoms with E-state index in [1.54, 1.807) is 27.9 Å². The Morgan fingerprint density at radius 2 is 1.74 bits per heavy atom. The van der Waals surface area contributed by atoms with E-state index in [0.717, 1.165) is 25.9 Å². The molecule has 0 saturated carbocycles. The van der Waals surface area contributed by atoms with Gasteiger partial charge < -0.3 is 44.3 Å². The van der Waals surface area contributed by atoms with Crippen LogP contribution in [0.15, 0.2) is 0 Å². The Morgan fingerprint density at radius 3 is 2.34 bits per heavy atom. The number of nitrogens with one attached hydrogen (secondary N) is 2. The van der Waals surface area contributed by atoms with Crippen LogP contribution in [-0.4, -0.2) is 140 Å². The molecule has 50 heavy (non-hydrogen) atoms. The maximum Gasteiger partial charge on any atom is 0.408 e. The molecule has 4 rings (SSSR count). The molecule has 0 aliphatic carbocycles. The quantitative estimate of drug-likeness (QED) is 0.264. The second-order valence-corrected chi connectivity index (χ2v) is 16.2. The minimum absolute atomic E-state index is 0.0288. The van der Waals surface area contributed by atoms with Gasteiger partial charge in [0, 0.05) is 31.2 Å². The standard InChI is InChI=1S/C37H66N4O9/c1-12-28-37(8)31(39-35(45)50-37)24(5)38-20-21(2)19-36(7,46-11)32(22(3)29(42)23(4)33(44)48-28)49-34-30(43)26(40(9)10)18-27(47-34)25(6)41-16-14-13-15-17-41/h21-28,30-32,34,38,43H,12-20H2,1-11H3,(H,39,45)/t21-,22+,23?,24-,25-,26+,27+,28-,30-,31-,32-,34+,36-,37-/m1/s1. The summed E-state index contributed by atoms with van der Waals surface area (Å²) in [7, 11) is 5.50. The third-order valence-corrected chi connectivity index (χ3v) is 12.2. The number of fused-ring (bicyclic) bond motifs is 1. The number of methoxy groups -OCH3 is 1. The number of ether oxygens (including phenoxy) is 5. The van der Waals surface area contributed by atoms with Crippen LogP contribution in [0.1, 0.15) is 93.9 Å². The van der Waals surface area contributed by atoms with Crippen molar-refractivity contribution >= 4 is 17.8 Å². The van der Waals surface area contributed by atoms with E-state index < -0.39 is 65.7 Å². The molecule has 0 aromatic carbocycles. The van der Waals surface area contributed by atoms with Gasteiger partial charge >= 0.3 is 12.1 Å². The molecule has 0 aromatic heterocycles. The number of carbonyl (C=O) groups is 3. The SMILES string of the molecule is CC[C@H]1OC(=O)C(C)C(=O)[C@H](C)[C@@H](O[C@@H]2O[C@H]([C@@H](C)N3CCCCC3)C[C@H](N(C)C)[C@H]2O)[C@](C)(OC)C[C@@H](C)CN[C@H](C)[C@H]2NC(=O)O[C@@]21C. The molecule has 1 unspecified atom stereocenters. The maximum atomic E-state index is 14.3. The first kappa shape index (κ1) is 40.9. The number of esters is 1. The van der Waals surface area contributed by atoms with Gasteiger partial charge in [-0.1, -0.05) is 27.2 Å². The number of nitrogens with zero attached hydrogens (tertiary/aromatic N) is 2. The third kappa shape index (κ3) is 8.66. The summed E-state index contributed by atoms with van der Waals surface area (Å²) in [5.74, 6) is -3.02. The van der Waals surface area contributed by atoms with Gasteiger partial charge in [-0.15, -0.1) is 0 Å². The Morgan fingerprint density at radius 1 is 1.08 bits per heavy atom. The molecule has 288 valence electrons. The molecule has 3 N–H and O–H groups in total. The van der Waals surface area contributed by atoms with Crippen LogP contribution < -0.4 is 10.6 Å². The molecule has 13 heteroatoms. The van der Waals surface area contributed by atoms with Gasteiger partial charge in [0.15, 0.2) is 17.7 Å². The fourth-order valence-corrected chi connectivity index (χ4v) is 8.85. The maximum absolute atomic E-state index is 14.3. The fraction of sp³-hybridized carbons (Fsp3) is 0.919. The number of cyclic esters (lactones) is 1. The lowest BCUT2D eigenvalue weighted by Gasteiger charge is -2.49. The Labute approximate surface area is 299 Å². The van der Waals surface area contributed by atoms with Crippen LogP contribution in [0.3, 0.4) is 0 Å².